The van der Waals surface area contributed by atoms with E-state index in [4.69, 9.17) is 5.73 Å². The summed E-state index contributed by atoms with van der Waals surface area (Å²) in [6.45, 7) is 5.27. The number of hydrogen-bond acceptors (Lipinski definition) is 4. The highest BCUT2D eigenvalue weighted by molar-refractivity contribution is 7.91. The highest BCUT2D eigenvalue weighted by atomic mass is 32.2. The molecule has 1 aliphatic heterocycles. The summed E-state index contributed by atoms with van der Waals surface area (Å²) in [6, 6.07) is 5.67. The molecule has 1 saturated heterocycles. The van der Waals surface area contributed by atoms with Gasteiger partial charge in [-0.05, 0) is 42.6 Å². The lowest BCUT2D eigenvalue weighted by molar-refractivity contribution is 0.234. The molecule has 1 unspecified atom stereocenters. The fraction of sp³-hybridized carbons (Fsp3) is 0.571. The van der Waals surface area contributed by atoms with Crippen LogP contribution in [0.5, 0.6) is 0 Å². The monoisotopic (exact) mass is 318 g/mol. The Morgan fingerprint density at radius 1 is 1.33 bits per heavy atom. The molecule has 0 aliphatic carbocycles. The summed E-state index contributed by atoms with van der Waals surface area (Å²) in [5.41, 5.74) is 6.79. The highest BCUT2D eigenvalue weighted by Crippen LogP contribution is 2.29. The Hall–Kier alpha value is -1.05. The molecule has 1 aliphatic rings. The summed E-state index contributed by atoms with van der Waals surface area (Å²) in [4.78, 5) is 1.90. The third-order valence-electron chi connectivity index (χ3n) is 4.02. The number of benzene rings is 1. The van der Waals surface area contributed by atoms with Crippen LogP contribution in [0.3, 0.4) is 0 Å². The molecule has 0 radical (unpaired) electrons. The van der Waals surface area contributed by atoms with Crippen LogP contribution in [-0.2, 0) is 16.4 Å². The molecule has 0 spiro atoms. The zero-order valence-electron chi connectivity index (χ0n) is 11.9. The maximum Gasteiger partial charge on any atom is 0.341 e. The molecule has 0 bridgehead atoms. The van der Waals surface area contributed by atoms with Gasteiger partial charge in [0.2, 0.25) is 9.84 Å². The molecule has 7 heteroatoms. The van der Waals surface area contributed by atoms with Crippen molar-refractivity contribution >= 4 is 9.84 Å². The molecule has 1 atom stereocenters. The Morgan fingerprint density at radius 3 is 2.43 bits per heavy atom. The predicted octanol–water partition coefficient (Wildman–Crippen LogP) is 1.85. The second-order valence-corrected chi connectivity index (χ2v) is 7.84. The smallest absolute Gasteiger partial charge is 0.330 e. The number of alkyl halides is 2. The Labute approximate surface area is 123 Å². The minimum Gasteiger partial charge on any atom is -0.330 e. The molecular formula is C14H20F2N2O2S. The molecule has 2 N–H and O–H groups in total. The molecule has 0 amide bonds. The van der Waals surface area contributed by atoms with Crippen LogP contribution in [0.15, 0.2) is 29.2 Å². The normalized spacial score (nSPS) is 23.9. The van der Waals surface area contributed by atoms with Gasteiger partial charge in [-0.25, -0.2) is 8.42 Å². The number of halogens is 2. The summed E-state index contributed by atoms with van der Waals surface area (Å²) in [5.74, 6) is -3.38. The molecule has 1 aromatic rings. The van der Waals surface area contributed by atoms with Gasteiger partial charge in [0.1, 0.15) is 0 Å². The van der Waals surface area contributed by atoms with Gasteiger partial charge in [0.15, 0.2) is 0 Å². The molecule has 1 aromatic carbocycles. The van der Waals surface area contributed by atoms with Crippen molar-refractivity contribution in [2.24, 2.45) is 11.1 Å². The SMILES string of the molecule is CC1(CN)CCN(Cc2ccc(S(=O)(=O)C(F)F)cc2)C1. The minimum atomic E-state index is -4.51. The van der Waals surface area contributed by atoms with Crippen molar-refractivity contribution in [3.05, 3.63) is 29.8 Å². The number of nitrogens with zero attached hydrogens (tertiary/aromatic N) is 1. The lowest BCUT2D eigenvalue weighted by Gasteiger charge is -2.22. The lowest BCUT2D eigenvalue weighted by atomic mass is 9.90. The third kappa shape index (κ3) is 3.59. The number of rotatable bonds is 5. The van der Waals surface area contributed by atoms with E-state index in [2.05, 4.69) is 11.8 Å². The van der Waals surface area contributed by atoms with Crippen LogP contribution in [0, 0.1) is 5.41 Å². The van der Waals surface area contributed by atoms with Gasteiger partial charge in [-0.1, -0.05) is 19.1 Å². The zero-order chi connectivity index (χ0) is 15.7. The summed E-state index contributed by atoms with van der Waals surface area (Å²) < 4.78 is 47.6. The molecule has 1 heterocycles. The number of sulfone groups is 1. The van der Waals surface area contributed by atoms with E-state index in [9.17, 15) is 17.2 Å². The maximum atomic E-state index is 12.4. The van der Waals surface area contributed by atoms with E-state index in [1.54, 1.807) is 12.1 Å². The zero-order valence-corrected chi connectivity index (χ0v) is 12.7. The first-order valence-corrected chi connectivity index (χ1v) is 8.35. The average Bonchev–Trinajstić information content (AvgIpc) is 2.81. The van der Waals surface area contributed by atoms with Gasteiger partial charge in [0, 0.05) is 13.1 Å². The quantitative estimate of drug-likeness (QED) is 0.900. The van der Waals surface area contributed by atoms with Gasteiger partial charge >= 0.3 is 5.76 Å². The highest BCUT2D eigenvalue weighted by Gasteiger charge is 2.32. The Morgan fingerprint density at radius 2 is 1.95 bits per heavy atom. The van der Waals surface area contributed by atoms with Crippen LogP contribution in [0.25, 0.3) is 0 Å². The third-order valence-corrected chi connectivity index (χ3v) is 5.42. The van der Waals surface area contributed by atoms with Crippen molar-refractivity contribution in [2.75, 3.05) is 19.6 Å². The van der Waals surface area contributed by atoms with Gasteiger partial charge in [-0.2, -0.15) is 8.78 Å². The second kappa shape index (κ2) is 5.98. The Bertz CT molecular complexity index is 589. The summed E-state index contributed by atoms with van der Waals surface area (Å²) in [7, 11) is -4.51. The standard InChI is InChI=1S/C14H20F2N2O2S/c1-14(9-17)6-7-18(10-14)8-11-2-4-12(5-3-11)21(19,20)13(15)16/h2-5,13H,6-10,17H2,1H3. The van der Waals surface area contributed by atoms with E-state index in [1.807, 2.05) is 0 Å². The van der Waals surface area contributed by atoms with Crippen molar-refractivity contribution in [3.63, 3.8) is 0 Å². The number of likely N-dealkylation sites (tertiary alicyclic amines) is 1. The topological polar surface area (TPSA) is 63.4 Å². The van der Waals surface area contributed by atoms with Crippen LogP contribution in [-0.4, -0.2) is 38.7 Å². The van der Waals surface area contributed by atoms with Crippen molar-refractivity contribution in [2.45, 2.75) is 30.5 Å². The number of hydrogen-bond donors (Lipinski definition) is 1. The largest absolute Gasteiger partial charge is 0.341 e. The van der Waals surface area contributed by atoms with E-state index in [0.717, 1.165) is 25.1 Å². The Balaban J connectivity index is 2.04. The van der Waals surface area contributed by atoms with Crippen LogP contribution >= 0.6 is 0 Å². The minimum absolute atomic E-state index is 0.124. The molecule has 0 saturated carbocycles. The van der Waals surface area contributed by atoms with E-state index in [1.165, 1.54) is 12.1 Å². The Kier molecular flexibility index (Phi) is 4.65. The summed E-state index contributed by atoms with van der Waals surface area (Å²) in [6.07, 6.45) is 1.03. The first-order valence-electron chi connectivity index (χ1n) is 6.80. The van der Waals surface area contributed by atoms with Gasteiger partial charge < -0.3 is 5.73 Å². The fourth-order valence-electron chi connectivity index (χ4n) is 2.57. The summed E-state index contributed by atoms with van der Waals surface area (Å²) in [5, 5.41) is 0. The van der Waals surface area contributed by atoms with Crippen LogP contribution in [0.2, 0.25) is 0 Å². The van der Waals surface area contributed by atoms with Gasteiger partial charge in [-0.3, -0.25) is 4.90 Å². The van der Waals surface area contributed by atoms with Crippen molar-refractivity contribution in [1.82, 2.24) is 4.90 Å². The van der Waals surface area contributed by atoms with Crippen molar-refractivity contribution < 1.29 is 17.2 Å². The first-order chi connectivity index (χ1) is 9.77. The van der Waals surface area contributed by atoms with Crippen molar-refractivity contribution in [1.29, 1.82) is 0 Å². The van der Waals surface area contributed by atoms with Crippen LogP contribution in [0.4, 0.5) is 8.78 Å². The lowest BCUT2D eigenvalue weighted by Crippen LogP contribution is -2.31. The van der Waals surface area contributed by atoms with Gasteiger partial charge in [0.05, 0.1) is 4.90 Å². The van der Waals surface area contributed by atoms with E-state index >= 15 is 0 Å². The molecular weight excluding hydrogens is 298 g/mol. The molecule has 21 heavy (non-hydrogen) atoms. The average molecular weight is 318 g/mol. The number of nitrogens with two attached hydrogens (primary N) is 1. The maximum absolute atomic E-state index is 12.4. The molecule has 4 nitrogen and oxygen atoms in total. The predicted molar refractivity (Wildman–Crippen MR) is 76.7 cm³/mol. The molecule has 1 fully saturated rings. The van der Waals surface area contributed by atoms with E-state index in [-0.39, 0.29) is 10.3 Å². The van der Waals surface area contributed by atoms with E-state index in [0.29, 0.717) is 13.1 Å². The van der Waals surface area contributed by atoms with Crippen molar-refractivity contribution in [3.8, 4) is 0 Å². The van der Waals surface area contributed by atoms with Gasteiger partial charge in [0.25, 0.3) is 0 Å². The molecule has 0 aromatic heterocycles. The van der Waals surface area contributed by atoms with Crippen LogP contribution in [0.1, 0.15) is 18.9 Å². The second-order valence-electron chi connectivity index (χ2n) is 5.93. The van der Waals surface area contributed by atoms with E-state index < -0.39 is 15.6 Å². The molecule has 118 valence electrons. The molecule has 2 rings (SSSR count). The fourth-order valence-corrected chi connectivity index (χ4v) is 3.29. The first kappa shape index (κ1) is 16.3. The van der Waals surface area contributed by atoms with Gasteiger partial charge in [-0.15, -0.1) is 0 Å². The summed E-state index contributed by atoms with van der Waals surface area (Å²) >= 11 is 0. The van der Waals surface area contributed by atoms with Crippen LogP contribution < -0.4 is 5.73 Å².